The van der Waals surface area contributed by atoms with Crippen molar-refractivity contribution in [3.05, 3.63) is 40.2 Å². The van der Waals surface area contributed by atoms with E-state index in [0.29, 0.717) is 43.1 Å². The van der Waals surface area contributed by atoms with Gasteiger partial charge in [-0.3, -0.25) is 14.5 Å². The normalized spacial score (nSPS) is 12.3. The molecular formula is C21H32N4O4S. The maximum atomic E-state index is 12.9. The SMILES string of the molecule is CCN(CCNC(=O)c1cc(=O)[nH]c2ccc(S(=O)(=O)N(CC)CC)cc12)C(C)C. The number of rotatable bonds is 10. The van der Waals surface area contributed by atoms with E-state index in [4.69, 9.17) is 0 Å². The molecule has 0 spiro atoms. The number of nitrogens with one attached hydrogen (secondary N) is 2. The van der Waals surface area contributed by atoms with Crippen LogP contribution in [-0.2, 0) is 10.0 Å². The van der Waals surface area contributed by atoms with Gasteiger partial charge in [-0.15, -0.1) is 0 Å². The lowest BCUT2D eigenvalue weighted by Crippen LogP contribution is -2.38. The van der Waals surface area contributed by atoms with Crippen LogP contribution in [0.5, 0.6) is 0 Å². The van der Waals surface area contributed by atoms with Crippen LogP contribution in [0.25, 0.3) is 10.9 Å². The van der Waals surface area contributed by atoms with Gasteiger partial charge in [-0.2, -0.15) is 4.31 Å². The van der Waals surface area contributed by atoms with Crippen molar-refractivity contribution in [2.75, 3.05) is 32.7 Å². The summed E-state index contributed by atoms with van der Waals surface area (Å²) in [6.45, 7) is 12.5. The molecule has 0 atom stereocenters. The maximum absolute atomic E-state index is 12.9. The Labute approximate surface area is 178 Å². The molecule has 0 saturated heterocycles. The molecule has 2 aromatic rings. The first-order valence-electron chi connectivity index (χ1n) is 10.3. The Kier molecular flexibility index (Phi) is 8.17. The van der Waals surface area contributed by atoms with E-state index in [1.807, 2.05) is 0 Å². The fourth-order valence-electron chi connectivity index (χ4n) is 3.48. The monoisotopic (exact) mass is 436 g/mol. The van der Waals surface area contributed by atoms with Gasteiger partial charge in [0, 0.05) is 49.2 Å². The number of hydrogen-bond donors (Lipinski definition) is 2. The molecule has 0 bridgehead atoms. The van der Waals surface area contributed by atoms with Crippen LogP contribution < -0.4 is 10.9 Å². The molecule has 1 amide bonds. The van der Waals surface area contributed by atoms with Crippen LogP contribution in [0.1, 0.15) is 45.0 Å². The fraction of sp³-hybridized carbons (Fsp3) is 0.524. The van der Waals surface area contributed by atoms with E-state index >= 15 is 0 Å². The molecule has 0 radical (unpaired) electrons. The fourth-order valence-corrected chi connectivity index (χ4v) is 4.97. The largest absolute Gasteiger partial charge is 0.351 e. The Bertz CT molecular complexity index is 1040. The highest BCUT2D eigenvalue weighted by Gasteiger charge is 2.23. The molecule has 0 saturated carbocycles. The van der Waals surface area contributed by atoms with Crippen molar-refractivity contribution in [3.8, 4) is 0 Å². The first kappa shape index (κ1) is 24.0. The molecule has 2 N–H and O–H groups in total. The smallest absolute Gasteiger partial charge is 0.252 e. The molecule has 166 valence electrons. The molecule has 9 heteroatoms. The number of sulfonamides is 1. The summed E-state index contributed by atoms with van der Waals surface area (Å²) in [5.74, 6) is -0.400. The maximum Gasteiger partial charge on any atom is 0.252 e. The van der Waals surface area contributed by atoms with E-state index in [1.54, 1.807) is 13.8 Å². The van der Waals surface area contributed by atoms with E-state index in [-0.39, 0.29) is 10.5 Å². The van der Waals surface area contributed by atoms with Gasteiger partial charge in [0.1, 0.15) is 0 Å². The second kappa shape index (κ2) is 10.2. The Hall–Kier alpha value is -2.23. The third kappa shape index (κ3) is 5.27. The number of pyridine rings is 1. The highest BCUT2D eigenvalue weighted by atomic mass is 32.2. The first-order valence-corrected chi connectivity index (χ1v) is 11.8. The van der Waals surface area contributed by atoms with Gasteiger partial charge >= 0.3 is 0 Å². The van der Waals surface area contributed by atoms with Crippen molar-refractivity contribution in [2.24, 2.45) is 0 Å². The van der Waals surface area contributed by atoms with Crippen molar-refractivity contribution < 1.29 is 13.2 Å². The van der Waals surface area contributed by atoms with Crippen LogP contribution >= 0.6 is 0 Å². The molecule has 1 heterocycles. The molecule has 8 nitrogen and oxygen atoms in total. The van der Waals surface area contributed by atoms with Crippen molar-refractivity contribution in [1.29, 1.82) is 0 Å². The van der Waals surface area contributed by atoms with Gasteiger partial charge in [-0.25, -0.2) is 8.42 Å². The Morgan fingerprint density at radius 1 is 1.10 bits per heavy atom. The third-order valence-electron chi connectivity index (χ3n) is 5.22. The zero-order valence-corrected chi connectivity index (χ0v) is 19.2. The van der Waals surface area contributed by atoms with Crippen molar-refractivity contribution in [2.45, 2.75) is 45.6 Å². The van der Waals surface area contributed by atoms with Gasteiger partial charge < -0.3 is 10.3 Å². The summed E-state index contributed by atoms with van der Waals surface area (Å²) in [5, 5.41) is 3.25. The summed E-state index contributed by atoms with van der Waals surface area (Å²) in [6, 6.07) is 6.02. The number of hydrogen-bond acceptors (Lipinski definition) is 5. The van der Waals surface area contributed by atoms with Gasteiger partial charge in [-0.1, -0.05) is 20.8 Å². The molecule has 0 fully saturated rings. The van der Waals surface area contributed by atoms with Crippen molar-refractivity contribution >= 4 is 26.8 Å². The quantitative estimate of drug-likeness (QED) is 0.593. The van der Waals surface area contributed by atoms with Gasteiger partial charge in [0.15, 0.2) is 0 Å². The van der Waals surface area contributed by atoms with E-state index in [0.717, 1.165) is 6.54 Å². The van der Waals surface area contributed by atoms with E-state index in [9.17, 15) is 18.0 Å². The van der Waals surface area contributed by atoms with Gasteiger partial charge in [0.25, 0.3) is 5.91 Å². The number of likely N-dealkylation sites (N-methyl/N-ethyl adjacent to an activating group) is 1. The lowest BCUT2D eigenvalue weighted by Gasteiger charge is -2.24. The van der Waals surface area contributed by atoms with Crippen LogP contribution in [0.4, 0.5) is 0 Å². The Morgan fingerprint density at radius 3 is 2.33 bits per heavy atom. The number of fused-ring (bicyclic) bond motifs is 1. The topological polar surface area (TPSA) is 103 Å². The molecule has 0 aliphatic carbocycles. The highest BCUT2D eigenvalue weighted by Crippen LogP contribution is 2.22. The predicted molar refractivity (Wildman–Crippen MR) is 119 cm³/mol. The average Bonchev–Trinajstić information content (AvgIpc) is 2.70. The standard InChI is InChI=1S/C21H32N4O4S/c1-6-24(15(4)5)12-11-22-21(27)18-14-20(26)23-19-10-9-16(13-17(18)19)30(28,29)25(7-2)8-3/h9-10,13-15H,6-8,11-12H2,1-5H3,(H,22,27)(H,23,26). The number of nitrogens with zero attached hydrogens (tertiary/aromatic N) is 2. The van der Waals surface area contributed by atoms with Crippen LogP contribution in [0.15, 0.2) is 34.0 Å². The van der Waals surface area contributed by atoms with Crippen LogP contribution in [0.2, 0.25) is 0 Å². The van der Waals surface area contributed by atoms with E-state index in [1.165, 1.54) is 28.6 Å². The lowest BCUT2D eigenvalue weighted by molar-refractivity contribution is 0.0947. The second-order valence-corrected chi connectivity index (χ2v) is 9.26. The van der Waals surface area contributed by atoms with Crippen LogP contribution in [0.3, 0.4) is 0 Å². The van der Waals surface area contributed by atoms with Crippen molar-refractivity contribution in [3.63, 3.8) is 0 Å². The highest BCUT2D eigenvalue weighted by molar-refractivity contribution is 7.89. The van der Waals surface area contributed by atoms with Crippen molar-refractivity contribution in [1.82, 2.24) is 19.5 Å². The molecule has 0 aliphatic heterocycles. The summed E-state index contributed by atoms with van der Waals surface area (Å²) in [5.41, 5.74) is 0.172. The van der Waals surface area contributed by atoms with Gasteiger partial charge in [0.2, 0.25) is 15.6 Å². The Balaban J connectivity index is 2.40. The van der Waals surface area contributed by atoms with Gasteiger partial charge in [-0.05, 0) is 38.6 Å². The number of amides is 1. The van der Waals surface area contributed by atoms with Crippen LogP contribution in [0, 0.1) is 0 Å². The second-order valence-electron chi connectivity index (χ2n) is 7.32. The number of carbonyl (C=O) groups excluding carboxylic acids is 1. The summed E-state index contributed by atoms with van der Waals surface area (Å²) < 4.78 is 27.1. The number of aromatic amines is 1. The molecule has 1 aromatic carbocycles. The zero-order valence-electron chi connectivity index (χ0n) is 18.4. The molecule has 0 unspecified atom stereocenters. The minimum Gasteiger partial charge on any atom is -0.351 e. The number of H-pyrrole nitrogens is 1. The minimum atomic E-state index is -3.68. The molecule has 0 aliphatic rings. The van der Waals surface area contributed by atoms with Gasteiger partial charge in [0.05, 0.1) is 10.5 Å². The molecular weight excluding hydrogens is 404 g/mol. The predicted octanol–water partition coefficient (Wildman–Crippen LogP) is 2.02. The summed E-state index contributed by atoms with van der Waals surface area (Å²) in [7, 11) is -3.68. The lowest BCUT2D eigenvalue weighted by atomic mass is 10.1. The molecule has 2 rings (SSSR count). The summed E-state index contributed by atoms with van der Waals surface area (Å²) >= 11 is 0. The van der Waals surface area contributed by atoms with E-state index < -0.39 is 21.5 Å². The molecule has 1 aromatic heterocycles. The number of benzene rings is 1. The van der Waals surface area contributed by atoms with E-state index in [2.05, 4.69) is 36.0 Å². The summed E-state index contributed by atoms with van der Waals surface area (Å²) in [6.07, 6.45) is 0. The zero-order chi connectivity index (χ0) is 22.5. The number of carbonyl (C=O) groups is 1. The summed E-state index contributed by atoms with van der Waals surface area (Å²) in [4.78, 5) is 29.8. The minimum absolute atomic E-state index is 0.0942. The first-order chi connectivity index (χ1) is 14.1. The third-order valence-corrected chi connectivity index (χ3v) is 7.27. The Morgan fingerprint density at radius 2 is 1.77 bits per heavy atom. The number of aromatic nitrogens is 1. The van der Waals surface area contributed by atoms with Crippen LogP contribution in [-0.4, -0.2) is 67.3 Å². The average molecular weight is 437 g/mol. The molecule has 30 heavy (non-hydrogen) atoms.